The fraction of sp³-hybridized carbons (Fsp3) is 0.562. The van der Waals surface area contributed by atoms with Crippen LogP contribution in [0.15, 0.2) is 18.2 Å². The molecule has 1 aromatic carbocycles. The molecule has 134 valence electrons. The number of carbonyl (C=O) groups is 1. The number of rotatable bonds is 6. The average molecular weight is 358 g/mol. The largest absolute Gasteiger partial charge is 0.502 e. The van der Waals surface area contributed by atoms with Gasteiger partial charge < -0.3 is 15.7 Å². The molecule has 24 heavy (non-hydrogen) atoms. The fourth-order valence-corrected chi connectivity index (χ4v) is 2.86. The van der Waals surface area contributed by atoms with Gasteiger partial charge >= 0.3 is 5.69 Å². The maximum atomic E-state index is 12.0. The highest BCUT2D eigenvalue weighted by atomic mass is 35.5. The van der Waals surface area contributed by atoms with Gasteiger partial charge in [0.2, 0.25) is 0 Å². The Labute approximate surface area is 147 Å². The molecule has 0 aromatic heterocycles. The molecule has 1 aliphatic rings. The lowest BCUT2D eigenvalue weighted by Crippen LogP contribution is -2.36. The highest BCUT2D eigenvalue weighted by molar-refractivity contribution is 5.95. The van der Waals surface area contributed by atoms with E-state index in [1.165, 1.54) is 44.6 Å². The molecule has 0 spiro atoms. The highest BCUT2D eigenvalue weighted by Crippen LogP contribution is 2.26. The van der Waals surface area contributed by atoms with Crippen molar-refractivity contribution in [3.05, 3.63) is 33.9 Å². The van der Waals surface area contributed by atoms with Crippen LogP contribution in [0.1, 0.15) is 48.9 Å². The number of hydrogen-bond donors (Lipinski definition) is 3. The normalized spacial score (nSPS) is 15.2. The van der Waals surface area contributed by atoms with Gasteiger partial charge in [0.1, 0.15) is 0 Å². The lowest BCUT2D eigenvalue weighted by Gasteiger charge is -2.16. The van der Waals surface area contributed by atoms with Crippen molar-refractivity contribution >= 4 is 24.0 Å². The summed E-state index contributed by atoms with van der Waals surface area (Å²) in [5.41, 5.74) is -0.195. The minimum absolute atomic E-state index is 0. The molecule has 1 saturated carbocycles. The van der Waals surface area contributed by atoms with Crippen molar-refractivity contribution in [2.75, 3.05) is 13.1 Å². The second-order valence-corrected chi connectivity index (χ2v) is 5.86. The van der Waals surface area contributed by atoms with Crippen LogP contribution >= 0.6 is 12.4 Å². The van der Waals surface area contributed by atoms with Gasteiger partial charge in [0, 0.05) is 30.8 Å². The quantitative estimate of drug-likeness (QED) is 0.314. The maximum absolute atomic E-state index is 12.0. The van der Waals surface area contributed by atoms with Crippen molar-refractivity contribution in [3.63, 3.8) is 0 Å². The van der Waals surface area contributed by atoms with Crippen LogP contribution in [0, 0.1) is 10.1 Å². The van der Waals surface area contributed by atoms with Crippen LogP contribution in [-0.4, -0.2) is 35.1 Å². The first-order valence-corrected chi connectivity index (χ1v) is 8.07. The van der Waals surface area contributed by atoms with Crippen molar-refractivity contribution < 1.29 is 14.8 Å². The summed E-state index contributed by atoms with van der Waals surface area (Å²) in [5, 5.41) is 26.4. The Bertz CT molecular complexity index is 560. The van der Waals surface area contributed by atoms with Gasteiger partial charge in [-0.3, -0.25) is 14.9 Å². The number of nitrogens with one attached hydrogen (secondary N) is 2. The first-order chi connectivity index (χ1) is 11.1. The smallest absolute Gasteiger partial charge is 0.310 e. The zero-order valence-electron chi connectivity index (χ0n) is 13.5. The summed E-state index contributed by atoms with van der Waals surface area (Å²) in [6, 6.07) is 4.12. The minimum Gasteiger partial charge on any atom is -0.502 e. The summed E-state index contributed by atoms with van der Waals surface area (Å²) in [7, 11) is 0. The number of hydrogen-bond acceptors (Lipinski definition) is 5. The number of phenolic OH excluding ortho intramolecular Hbond substituents is 1. The van der Waals surface area contributed by atoms with Crippen LogP contribution < -0.4 is 10.6 Å². The van der Waals surface area contributed by atoms with Crippen LogP contribution in [-0.2, 0) is 0 Å². The van der Waals surface area contributed by atoms with Crippen molar-refractivity contribution in [2.24, 2.45) is 0 Å². The van der Waals surface area contributed by atoms with Gasteiger partial charge in [0.25, 0.3) is 5.91 Å². The van der Waals surface area contributed by atoms with Gasteiger partial charge in [-0.1, -0.05) is 25.7 Å². The lowest BCUT2D eigenvalue weighted by atomic mass is 10.1. The van der Waals surface area contributed by atoms with Gasteiger partial charge in [0.05, 0.1) is 4.92 Å². The molecular weight excluding hydrogens is 334 g/mol. The van der Waals surface area contributed by atoms with Crippen LogP contribution in [0.5, 0.6) is 5.75 Å². The van der Waals surface area contributed by atoms with E-state index in [1.807, 2.05) is 0 Å². The standard InChI is InChI=1S/C16H23N3O4.ClH/c20-15-11-12(7-8-14(15)19(22)23)16(21)18-10-9-17-13-5-3-1-2-4-6-13;/h7-8,11,13,17,20H,1-6,9-10H2,(H,18,21);1H. The Morgan fingerprint density at radius 3 is 2.46 bits per heavy atom. The Morgan fingerprint density at radius 1 is 1.21 bits per heavy atom. The van der Waals surface area contributed by atoms with E-state index in [4.69, 9.17) is 0 Å². The van der Waals surface area contributed by atoms with Gasteiger partial charge in [-0.2, -0.15) is 0 Å². The number of phenols is 1. The number of nitrogens with zero attached hydrogens (tertiary/aromatic N) is 1. The predicted molar refractivity (Wildman–Crippen MR) is 93.8 cm³/mol. The zero-order valence-corrected chi connectivity index (χ0v) is 14.3. The summed E-state index contributed by atoms with van der Waals surface area (Å²) < 4.78 is 0. The molecule has 1 aromatic rings. The number of nitro benzene ring substituents is 1. The molecule has 8 heteroatoms. The van der Waals surface area contributed by atoms with Crippen molar-refractivity contribution in [1.29, 1.82) is 0 Å². The number of aromatic hydroxyl groups is 1. The Hall–Kier alpha value is -1.86. The van der Waals surface area contributed by atoms with Gasteiger partial charge in [-0.05, 0) is 25.0 Å². The molecule has 3 N–H and O–H groups in total. The summed E-state index contributed by atoms with van der Waals surface area (Å²) in [4.78, 5) is 21.9. The van der Waals surface area contributed by atoms with E-state index in [1.54, 1.807) is 0 Å². The number of halogens is 1. The third-order valence-electron chi connectivity index (χ3n) is 4.13. The molecule has 1 amide bonds. The Balaban J connectivity index is 0.00000288. The van der Waals surface area contributed by atoms with E-state index < -0.39 is 16.4 Å². The monoisotopic (exact) mass is 357 g/mol. The van der Waals surface area contributed by atoms with E-state index in [0.29, 0.717) is 19.1 Å². The molecule has 2 rings (SSSR count). The maximum Gasteiger partial charge on any atom is 0.310 e. The first kappa shape index (κ1) is 20.2. The number of nitro groups is 1. The Morgan fingerprint density at radius 2 is 1.88 bits per heavy atom. The molecule has 0 unspecified atom stereocenters. The van der Waals surface area contributed by atoms with Crippen molar-refractivity contribution in [3.8, 4) is 5.75 Å². The summed E-state index contributed by atoms with van der Waals surface area (Å²) in [5.74, 6) is -0.850. The molecule has 0 atom stereocenters. The number of carbonyl (C=O) groups excluding carboxylic acids is 1. The predicted octanol–water partition coefficient (Wildman–Crippen LogP) is 2.76. The van der Waals surface area contributed by atoms with E-state index in [-0.39, 0.29) is 23.9 Å². The highest BCUT2D eigenvalue weighted by Gasteiger charge is 2.16. The molecule has 0 saturated heterocycles. The average Bonchev–Trinajstić information content (AvgIpc) is 2.79. The molecule has 1 aliphatic carbocycles. The fourth-order valence-electron chi connectivity index (χ4n) is 2.86. The van der Waals surface area contributed by atoms with Crippen LogP contribution in [0.3, 0.4) is 0 Å². The molecule has 0 heterocycles. The zero-order chi connectivity index (χ0) is 16.7. The van der Waals surface area contributed by atoms with E-state index >= 15 is 0 Å². The summed E-state index contributed by atoms with van der Waals surface area (Å²) >= 11 is 0. The summed E-state index contributed by atoms with van der Waals surface area (Å²) in [6.07, 6.45) is 7.49. The SMILES string of the molecule is Cl.O=C(NCCNC1CCCCCC1)c1ccc([N+](=O)[O-])c(O)c1. The van der Waals surface area contributed by atoms with Gasteiger partial charge in [-0.25, -0.2) is 0 Å². The molecule has 0 aliphatic heterocycles. The molecule has 7 nitrogen and oxygen atoms in total. The number of amides is 1. The molecule has 0 radical (unpaired) electrons. The van der Waals surface area contributed by atoms with Crippen LogP contribution in [0.25, 0.3) is 0 Å². The van der Waals surface area contributed by atoms with Gasteiger partial charge in [-0.15, -0.1) is 12.4 Å². The van der Waals surface area contributed by atoms with E-state index in [9.17, 15) is 20.0 Å². The Kier molecular flexibility index (Phi) is 8.49. The third kappa shape index (κ3) is 5.98. The van der Waals surface area contributed by atoms with E-state index in [2.05, 4.69) is 10.6 Å². The second kappa shape index (κ2) is 10.1. The second-order valence-electron chi connectivity index (χ2n) is 5.86. The minimum atomic E-state index is -0.687. The third-order valence-corrected chi connectivity index (χ3v) is 4.13. The van der Waals surface area contributed by atoms with Crippen molar-refractivity contribution in [2.45, 2.75) is 44.6 Å². The van der Waals surface area contributed by atoms with Crippen LogP contribution in [0.2, 0.25) is 0 Å². The number of benzene rings is 1. The topological polar surface area (TPSA) is 104 Å². The first-order valence-electron chi connectivity index (χ1n) is 8.07. The lowest BCUT2D eigenvalue weighted by molar-refractivity contribution is -0.385. The van der Waals surface area contributed by atoms with Gasteiger partial charge in [0.15, 0.2) is 5.75 Å². The van der Waals surface area contributed by atoms with Crippen molar-refractivity contribution in [1.82, 2.24) is 10.6 Å². The molecular formula is C16H24ClN3O4. The molecule has 1 fully saturated rings. The van der Waals surface area contributed by atoms with E-state index in [0.717, 1.165) is 12.1 Å². The molecule has 0 bridgehead atoms. The van der Waals surface area contributed by atoms with Crippen LogP contribution in [0.4, 0.5) is 5.69 Å². The summed E-state index contributed by atoms with van der Waals surface area (Å²) in [6.45, 7) is 1.17.